The fourth-order valence-corrected chi connectivity index (χ4v) is 3.00. The predicted molar refractivity (Wildman–Crippen MR) is 83.1 cm³/mol. The van der Waals surface area contributed by atoms with E-state index in [0.717, 1.165) is 13.6 Å². The molecule has 0 N–H and O–H groups in total. The van der Waals surface area contributed by atoms with Crippen molar-refractivity contribution in [2.24, 2.45) is 5.41 Å². The van der Waals surface area contributed by atoms with Gasteiger partial charge in [-0.3, -0.25) is 4.79 Å². The van der Waals surface area contributed by atoms with Crippen LogP contribution in [-0.2, 0) is 4.79 Å². The number of rotatable bonds is 4. The van der Waals surface area contributed by atoms with Crippen LogP contribution >= 0.6 is 27.3 Å². The maximum absolute atomic E-state index is 12.6. The molecule has 21 heavy (non-hydrogen) atoms. The third-order valence-corrected chi connectivity index (χ3v) is 3.92. The summed E-state index contributed by atoms with van der Waals surface area (Å²) < 4.78 is 38.7. The molecule has 0 aliphatic heterocycles. The van der Waals surface area contributed by atoms with Gasteiger partial charge < -0.3 is 4.90 Å². The van der Waals surface area contributed by atoms with Crippen molar-refractivity contribution in [2.45, 2.75) is 26.9 Å². The Labute approximate surface area is 134 Å². The van der Waals surface area contributed by atoms with Crippen LogP contribution in [0.15, 0.2) is 22.0 Å². The van der Waals surface area contributed by atoms with E-state index >= 15 is 0 Å². The molecule has 0 saturated carbocycles. The van der Waals surface area contributed by atoms with Gasteiger partial charge in [-0.25, -0.2) is 0 Å². The van der Waals surface area contributed by atoms with Crippen molar-refractivity contribution in [1.82, 2.24) is 4.90 Å². The molecule has 0 aromatic carbocycles. The van der Waals surface area contributed by atoms with Gasteiger partial charge in [-0.1, -0.05) is 20.8 Å². The first-order valence-corrected chi connectivity index (χ1v) is 7.86. The first-order valence-electron chi connectivity index (χ1n) is 6.25. The molecule has 0 unspecified atom stereocenters. The lowest BCUT2D eigenvalue weighted by atomic mass is 9.96. The molecule has 0 spiro atoms. The zero-order chi connectivity index (χ0) is 16.3. The van der Waals surface area contributed by atoms with Crippen LogP contribution < -0.4 is 0 Å². The summed E-state index contributed by atoms with van der Waals surface area (Å²) >= 11 is 4.69. The van der Waals surface area contributed by atoms with Crippen LogP contribution in [0.1, 0.15) is 25.6 Å². The number of amides is 1. The van der Waals surface area contributed by atoms with Gasteiger partial charge >= 0.3 is 6.18 Å². The van der Waals surface area contributed by atoms with Crippen molar-refractivity contribution in [2.75, 3.05) is 13.1 Å². The number of halogens is 4. The number of alkyl halides is 3. The fourth-order valence-electron chi connectivity index (χ4n) is 1.68. The molecule has 0 atom stereocenters. The Balaban J connectivity index is 2.81. The van der Waals surface area contributed by atoms with Crippen molar-refractivity contribution in [3.05, 3.63) is 26.9 Å². The normalized spacial score (nSPS) is 12.9. The van der Waals surface area contributed by atoms with Crippen LogP contribution in [0.2, 0.25) is 0 Å². The molecule has 118 valence electrons. The largest absolute Gasteiger partial charge is 0.406 e. The third kappa shape index (κ3) is 7.66. The Morgan fingerprint density at radius 3 is 2.33 bits per heavy atom. The predicted octanol–water partition coefficient (Wildman–Crippen LogP) is 4.96. The van der Waals surface area contributed by atoms with Crippen LogP contribution in [0.25, 0.3) is 6.08 Å². The lowest BCUT2D eigenvalue weighted by Crippen LogP contribution is -2.42. The number of nitrogens with zero attached hydrogens (tertiary/aromatic N) is 1. The number of hydrogen-bond donors (Lipinski definition) is 0. The quantitative estimate of drug-likeness (QED) is 0.672. The highest BCUT2D eigenvalue weighted by molar-refractivity contribution is 9.11. The maximum Gasteiger partial charge on any atom is 0.406 e. The van der Waals surface area contributed by atoms with E-state index in [2.05, 4.69) is 15.9 Å². The molecule has 1 rings (SSSR count). The summed E-state index contributed by atoms with van der Waals surface area (Å²) in [6.07, 6.45) is -1.68. The third-order valence-electron chi connectivity index (χ3n) is 2.33. The van der Waals surface area contributed by atoms with Gasteiger partial charge in [0.15, 0.2) is 0 Å². The van der Waals surface area contributed by atoms with Crippen molar-refractivity contribution in [3.8, 4) is 0 Å². The summed E-state index contributed by atoms with van der Waals surface area (Å²) in [5, 5.41) is 0. The lowest BCUT2D eigenvalue weighted by molar-refractivity contribution is -0.160. The highest BCUT2D eigenvalue weighted by Gasteiger charge is 2.34. The van der Waals surface area contributed by atoms with E-state index in [1.807, 2.05) is 6.07 Å². The second-order valence-electron chi connectivity index (χ2n) is 5.85. The lowest BCUT2D eigenvalue weighted by Gasteiger charge is -2.29. The van der Waals surface area contributed by atoms with E-state index in [9.17, 15) is 18.0 Å². The van der Waals surface area contributed by atoms with E-state index < -0.39 is 24.0 Å². The van der Waals surface area contributed by atoms with Gasteiger partial charge in [-0.05, 0) is 39.6 Å². The molecular weight excluding hydrogens is 367 g/mol. The maximum atomic E-state index is 12.6. The van der Waals surface area contributed by atoms with E-state index in [1.54, 1.807) is 26.8 Å². The zero-order valence-corrected chi connectivity index (χ0v) is 14.4. The van der Waals surface area contributed by atoms with Crippen LogP contribution in [-0.4, -0.2) is 30.1 Å². The molecule has 1 aromatic rings. The SMILES string of the molecule is CC(C)(C)CN(CC(F)(F)F)C(=O)/C=C/c1ccc(Br)s1. The number of thiophene rings is 1. The van der Waals surface area contributed by atoms with Gasteiger partial charge in [-0.15, -0.1) is 11.3 Å². The highest BCUT2D eigenvalue weighted by Crippen LogP contribution is 2.24. The Bertz CT molecular complexity index is 501. The molecule has 2 nitrogen and oxygen atoms in total. The standard InChI is InChI=1S/C14H17BrF3NOS/c1-13(2,3)8-19(9-14(16,17)18)12(20)7-5-10-4-6-11(15)21-10/h4-7H,8-9H2,1-3H3/b7-5+. The Morgan fingerprint density at radius 1 is 1.29 bits per heavy atom. The summed E-state index contributed by atoms with van der Waals surface area (Å²) in [6, 6.07) is 3.60. The number of carbonyl (C=O) groups is 1. The molecule has 0 bridgehead atoms. The van der Waals surface area contributed by atoms with Crippen molar-refractivity contribution >= 4 is 39.2 Å². The first kappa shape index (κ1) is 18.2. The van der Waals surface area contributed by atoms with E-state index in [0.29, 0.717) is 0 Å². The van der Waals surface area contributed by atoms with E-state index in [-0.39, 0.29) is 6.54 Å². The van der Waals surface area contributed by atoms with Gasteiger partial charge in [-0.2, -0.15) is 13.2 Å². The Hall–Kier alpha value is -0.820. The van der Waals surface area contributed by atoms with Crippen molar-refractivity contribution < 1.29 is 18.0 Å². The molecule has 0 aliphatic rings. The van der Waals surface area contributed by atoms with Crippen LogP contribution in [0.3, 0.4) is 0 Å². The van der Waals surface area contributed by atoms with Gasteiger partial charge in [0.05, 0.1) is 3.79 Å². The summed E-state index contributed by atoms with van der Waals surface area (Å²) in [6.45, 7) is 4.20. The van der Waals surface area contributed by atoms with E-state index in [4.69, 9.17) is 0 Å². The minimum Gasteiger partial charge on any atom is -0.330 e. The van der Waals surface area contributed by atoms with Crippen LogP contribution in [0.4, 0.5) is 13.2 Å². The van der Waals surface area contributed by atoms with Gasteiger partial charge in [0.1, 0.15) is 6.54 Å². The minimum absolute atomic E-state index is 0.0455. The first-order chi connectivity index (χ1) is 9.46. The molecule has 7 heteroatoms. The fraction of sp³-hybridized carbons (Fsp3) is 0.500. The smallest absolute Gasteiger partial charge is 0.330 e. The molecule has 1 amide bonds. The molecular formula is C14H17BrF3NOS. The van der Waals surface area contributed by atoms with Crippen molar-refractivity contribution in [1.29, 1.82) is 0 Å². The van der Waals surface area contributed by atoms with Crippen LogP contribution in [0, 0.1) is 5.41 Å². The van der Waals surface area contributed by atoms with Crippen LogP contribution in [0.5, 0.6) is 0 Å². The average molecular weight is 384 g/mol. The van der Waals surface area contributed by atoms with E-state index in [1.165, 1.54) is 23.5 Å². The molecule has 0 saturated heterocycles. The topological polar surface area (TPSA) is 20.3 Å². The summed E-state index contributed by atoms with van der Waals surface area (Å²) in [5.41, 5.74) is -0.402. The second-order valence-corrected chi connectivity index (χ2v) is 8.34. The van der Waals surface area contributed by atoms with Gasteiger partial charge in [0, 0.05) is 17.5 Å². The monoisotopic (exact) mass is 383 g/mol. The zero-order valence-electron chi connectivity index (χ0n) is 12.0. The Kier molecular flexibility index (Phi) is 6.04. The summed E-state index contributed by atoms with van der Waals surface area (Å²) in [7, 11) is 0. The van der Waals surface area contributed by atoms with Gasteiger partial charge in [0.25, 0.3) is 0 Å². The average Bonchev–Trinajstić information content (AvgIpc) is 2.67. The molecule has 0 fully saturated rings. The van der Waals surface area contributed by atoms with Crippen molar-refractivity contribution in [3.63, 3.8) is 0 Å². The molecule has 1 heterocycles. The number of hydrogen-bond acceptors (Lipinski definition) is 2. The second kappa shape index (κ2) is 6.96. The Morgan fingerprint density at radius 2 is 1.90 bits per heavy atom. The number of carbonyl (C=O) groups excluding carboxylic acids is 1. The molecule has 1 aromatic heterocycles. The van der Waals surface area contributed by atoms with Gasteiger partial charge in [0.2, 0.25) is 5.91 Å². The summed E-state index contributed by atoms with van der Waals surface area (Å²) in [4.78, 5) is 13.6. The summed E-state index contributed by atoms with van der Waals surface area (Å²) in [5.74, 6) is -0.633. The molecule has 0 aliphatic carbocycles. The molecule has 0 radical (unpaired) electrons. The minimum atomic E-state index is -4.40. The highest BCUT2D eigenvalue weighted by atomic mass is 79.9.